The number of ether oxygens (including phenoxy) is 1. The number of hydrogen-bond donors (Lipinski definition) is 0. The average Bonchev–Trinajstić information content (AvgIpc) is 2.91. The molecule has 6 nitrogen and oxygen atoms in total. The fraction of sp³-hybridized carbons (Fsp3) is 0.176. The molecule has 0 saturated carbocycles. The van der Waals surface area contributed by atoms with Crippen LogP contribution in [0.3, 0.4) is 0 Å². The van der Waals surface area contributed by atoms with Gasteiger partial charge in [0.1, 0.15) is 11.6 Å². The number of fused-ring (bicyclic) bond motifs is 3. The van der Waals surface area contributed by atoms with Gasteiger partial charge in [-0.3, -0.25) is 4.40 Å². The number of nitrogens with zero attached hydrogens (tertiary/aromatic N) is 5. The summed E-state index contributed by atoms with van der Waals surface area (Å²) in [5.41, 5.74) is 3.07. The van der Waals surface area contributed by atoms with Gasteiger partial charge in [-0.25, -0.2) is 14.4 Å². The average molecular weight is 341 g/mol. The predicted octanol–water partition coefficient (Wildman–Crippen LogP) is 3.24. The molecule has 0 aliphatic carbocycles. The van der Waals surface area contributed by atoms with Gasteiger partial charge < -0.3 is 4.74 Å². The largest absolute Gasteiger partial charge is 0.494 e. The molecule has 0 bridgehead atoms. The quantitative estimate of drug-likeness (QED) is 0.524. The SMILES string of the molecule is COc1cc(F)cc2c1nnc1c(C)nc(-c3ccc(F)nc3C)n12. The van der Waals surface area contributed by atoms with Crippen molar-refractivity contribution in [1.29, 1.82) is 0 Å². The summed E-state index contributed by atoms with van der Waals surface area (Å²) in [4.78, 5) is 8.36. The fourth-order valence-corrected chi connectivity index (χ4v) is 2.90. The van der Waals surface area contributed by atoms with Crippen LogP contribution in [-0.4, -0.2) is 31.7 Å². The van der Waals surface area contributed by atoms with Crippen molar-refractivity contribution in [3.8, 4) is 17.1 Å². The van der Waals surface area contributed by atoms with Crippen molar-refractivity contribution in [2.75, 3.05) is 7.11 Å². The molecule has 0 saturated heterocycles. The monoisotopic (exact) mass is 341 g/mol. The van der Waals surface area contributed by atoms with Crippen molar-refractivity contribution in [2.45, 2.75) is 13.8 Å². The summed E-state index contributed by atoms with van der Waals surface area (Å²) in [6.45, 7) is 3.47. The number of aromatic nitrogens is 5. The van der Waals surface area contributed by atoms with Crippen molar-refractivity contribution in [1.82, 2.24) is 24.6 Å². The van der Waals surface area contributed by atoms with Gasteiger partial charge in [-0.2, -0.15) is 4.39 Å². The molecule has 0 aliphatic heterocycles. The highest BCUT2D eigenvalue weighted by atomic mass is 19.1. The lowest BCUT2D eigenvalue weighted by Crippen LogP contribution is -2.01. The van der Waals surface area contributed by atoms with Gasteiger partial charge in [0.15, 0.2) is 16.9 Å². The van der Waals surface area contributed by atoms with Crippen LogP contribution >= 0.6 is 0 Å². The van der Waals surface area contributed by atoms with Crippen LogP contribution in [0.5, 0.6) is 5.75 Å². The molecule has 4 rings (SSSR count). The number of hydrogen-bond acceptors (Lipinski definition) is 5. The van der Waals surface area contributed by atoms with E-state index >= 15 is 0 Å². The molecule has 3 aromatic heterocycles. The Bertz CT molecular complexity index is 1140. The number of aryl methyl sites for hydroxylation is 2. The van der Waals surface area contributed by atoms with Gasteiger partial charge in [0.25, 0.3) is 0 Å². The summed E-state index contributed by atoms with van der Waals surface area (Å²) in [5.74, 6) is -0.276. The van der Waals surface area contributed by atoms with Gasteiger partial charge in [0.05, 0.1) is 24.0 Å². The topological polar surface area (TPSA) is 65.2 Å². The second-order valence-electron chi connectivity index (χ2n) is 5.62. The number of benzene rings is 1. The van der Waals surface area contributed by atoms with Crippen LogP contribution in [0.4, 0.5) is 8.78 Å². The Morgan fingerprint density at radius 2 is 1.80 bits per heavy atom. The predicted molar refractivity (Wildman–Crippen MR) is 87.5 cm³/mol. The van der Waals surface area contributed by atoms with Crippen molar-refractivity contribution < 1.29 is 13.5 Å². The van der Waals surface area contributed by atoms with Crippen molar-refractivity contribution >= 4 is 16.7 Å². The molecule has 0 radical (unpaired) electrons. The third-order valence-electron chi connectivity index (χ3n) is 4.04. The number of imidazole rings is 1. The lowest BCUT2D eigenvalue weighted by molar-refractivity contribution is 0.415. The van der Waals surface area contributed by atoms with E-state index in [9.17, 15) is 8.78 Å². The Morgan fingerprint density at radius 3 is 2.52 bits per heavy atom. The zero-order chi connectivity index (χ0) is 17.7. The number of methoxy groups -OCH3 is 1. The number of rotatable bonds is 2. The number of halogens is 2. The van der Waals surface area contributed by atoms with Crippen LogP contribution in [0.1, 0.15) is 11.4 Å². The fourth-order valence-electron chi connectivity index (χ4n) is 2.90. The highest BCUT2D eigenvalue weighted by molar-refractivity contribution is 5.85. The Labute approximate surface area is 141 Å². The molecule has 0 atom stereocenters. The summed E-state index contributed by atoms with van der Waals surface area (Å²) < 4.78 is 34.3. The van der Waals surface area contributed by atoms with Gasteiger partial charge in [-0.1, -0.05) is 0 Å². The lowest BCUT2D eigenvalue weighted by atomic mass is 10.2. The molecule has 0 aliphatic rings. The maximum Gasteiger partial charge on any atom is 0.213 e. The van der Waals surface area contributed by atoms with Crippen LogP contribution in [0.25, 0.3) is 28.1 Å². The van der Waals surface area contributed by atoms with Crippen molar-refractivity contribution in [2.24, 2.45) is 0 Å². The van der Waals surface area contributed by atoms with Crippen LogP contribution in [0.2, 0.25) is 0 Å². The summed E-state index contributed by atoms with van der Waals surface area (Å²) >= 11 is 0. The highest BCUT2D eigenvalue weighted by Crippen LogP contribution is 2.30. The smallest absolute Gasteiger partial charge is 0.213 e. The van der Waals surface area contributed by atoms with Crippen LogP contribution in [0.15, 0.2) is 24.3 Å². The standard InChI is InChI=1S/C17H13F2N5O/c1-8-11(4-5-14(19)20-8)17-21-9(2)16-23-22-15-12(24(16)17)6-10(18)7-13(15)25-3/h4-7H,1-3H3. The Morgan fingerprint density at radius 1 is 1.00 bits per heavy atom. The summed E-state index contributed by atoms with van der Waals surface area (Å²) in [6, 6.07) is 5.44. The maximum absolute atomic E-state index is 14.1. The van der Waals surface area contributed by atoms with E-state index in [1.807, 2.05) is 0 Å². The molecule has 126 valence electrons. The summed E-state index contributed by atoms with van der Waals surface area (Å²) in [6.07, 6.45) is 0. The van der Waals surface area contributed by atoms with Gasteiger partial charge in [-0.15, -0.1) is 10.2 Å². The van der Waals surface area contributed by atoms with E-state index in [2.05, 4.69) is 20.2 Å². The maximum atomic E-state index is 14.1. The van der Waals surface area contributed by atoms with E-state index in [1.54, 1.807) is 24.3 Å². The zero-order valence-electron chi connectivity index (χ0n) is 13.7. The van der Waals surface area contributed by atoms with E-state index in [0.29, 0.717) is 39.5 Å². The Kier molecular flexibility index (Phi) is 3.34. The van der Waals surface area contributed by atoms with Gasteiger partial charge >= 0.3 is 0 Å². The molecule has 25 heavy (non-hydrogen) atoms. The first-order valence-electron chi connectivity index (χ1n) is 7.52. The third kappa shape index (κ3) is 2.29. The molecule has 0 unspecified atom stereocenters. The molecule has 0 spiro atoms. The molecule has 0 N–H and O–H groups in total. The first-order chi connectivity index (χ1) is 12.0. The summed E-state index contributed by atoms with van der Waals surface area (Å²) in [5, 5.41) is 8.34. The lowest BCUT2D eigenvalue weighted by Gasteiger charge is -2.09. The molecule has 4 aromatic rings. The summed E-state index contributed by atoms with van der Waals surface area (Å²) in [7, 11) is 1.44. The Hall–Kier alpha value is -3.16. The number of pyridine rings is 1. The minimum absolute atomic E-state index is 0.274. The molecular formula is C17H13F2N5O. The van der Waals surface area contributed by atoms with Crippen molar-refractivity contribution in [3.05, 3.63) is 47.4 Å². The van der Waals surface area contributed by atoms with E-state index in [0.717, 1.165) is 0 Å². The first kappa shape index (κ1) is 15.4. The Balaban J connectivity index is 2.17. The molecular weight excluding hydrogens is 328 g/mol. The van der Waals surface area contributed by atoms with Gasteiger partial charge in [0, 0.05) is 17.7 Å². The third-order valence-corrected chi connectivity index (χ3v) is 4.04. The van der Waals surface area contributed by atoms with E-state index in [4.69, 9.17) is 4.74 Å². The molecule has 8 heteroatoms. The highest BCUT2D eigenvalue weighted by Gasteiger charge is 2.19. The van der Waals surface area contributed by atoms with Crippen molar-refractivity contribution in [3.63, 3.8) is 0 Å². The zero-order valence-corrected chi connectivity index (χ0v) is 13.7. The minimum atomic E-state index is -0.573. The normalized spacial score (nSPS) is 11.4. The second-order valence-corrected chi connectivity index (χ2v) is 5.62. The van der Waals surface area contributed by atoms with E-state index < -0.39 is 11.8 Å². The molecule has 0 amide bonds. The van der Waals surface area contributed by atoms with Gasteiger partial charge in [0.2, 0.25) is 5.95 Å². The second kappa shape index (κ2) is 5.44. The molecule has 0 fully saturated rings. The van der Waals surface area contributed by atoms with Gasteiger partial charge in [-0.05, 0) is 26.0 Å². The van der Waals surface area contributed by atoms with Crippen LogP contribution in [0, 0.1) is 25.6 Å². The van der Waals surface area contributed by atoms with E-state index in [1.165, 1.54) is 25.3 Å². The van der Waals surface area contributed by atoms with Crippen LogP contribution < -0.4 is 4.74 Å². The van der Waals surface area contributed by atoms with E-state index in [-0.39, 0.29) is 5.75 Å². The molecule has 3 heterocycles. The molecule has 1 aromatic carbocycles. The first-order valence-corrected chi connectivity index (χ1v) is 7.52. The van der Waals surface area contributed by atoms with Crippen LogP contribution in [-0.2, 0) is 0 Å². The minimum Gasteiger partial charge on any atom is -0.494 e.